The molecule has 1 N–H and O–H groups in total. The van der Waals surface area contributed by atoms with Crippen molar-refractivity contribution in [2.45, 2.75) is 37.6 Å². The summed E-state index contributed by atoms with van der Waals surface area (Å²) in [6.07, 6.45) is 3.65. The number of aromatic nitrogens is 1. The van der Waals surface area contributed by atoms with E-state index in [2.05, 4.69) is 9.71 Å². The van der Waals surface area contributed by atoms with Crippen LogP contribution in [0.3, 0.4) is 0 Å². The Morgan fingerprint density at radius 3 is 2.64 bits per heavy atom. The van der Waals surface area contributed by atoms with E-state index in [4.69, 9.17) is 0 Å². The molecule has 1 fully saturated rings. The maximum atomic E-state index is 14.0. The fourth-order valence-corrected chi connectivity index (χ4v) is 5.04. The number of halogens is 1. The molecule has 0 spiro atoms. The van der Waals surface area contributed by atoms with Gasteiger partial charge >= 0.3 is 0 Å². The zero-order valence-corrected chi connectivity index (χ0v) is 14.0. The van der Waals surface area contributed by atoms with Crippen LogP contribution < -0.4 is 4.72 Å². The second-order valence-electron chi connectivity index (χ2n) is 5.63. The number of hydrogen-bond donors (Lipinski definition) is 1. The van der Waals surface area contributed by atoms with Crippen LogP contribution in [0.25, 0.3) is 0 Å². The van der Waals surface area contributed by atoms with Gasteiger partial charge in [0.25, 0.3) is 0 Å². The second-order valence-corrected chi connectivity index (χ2v) is 8.55. The van der Waals surface area contributed by atoms with Crippen molar-refractivity contribution < 1.29 is 12.8 Å². The largest absolute Gasteiger partial charge is 0.248 e. The van der Waals surface area contributed by atoms with Crippen LogP contribution in [0.2, 0.25) is 0 Å². The van der Waals surface area contributed by atoms with Crippen molar-refractivity contribution >= 4 is 21.4 Å². The van der Waals surface area contributed by atoms with Gasteiger partial charge in [-0.05, 0) is 44.2 Å². The fourth-order valence-electron chi connectivity index (χ4n) is 2.48. The molecule has 1 aromatic carbocycles. The monoisotopic (exact) mass is 340 g/mol. The average Bonchev–Trinajstić information content (AvgIpc) is 3.18. The Bertz CT molecular complexity index is 777. The molecule has 3 rings (SSSR count). The molecule has 0 unspecified atom stereocenters. The maximum Gasteiger partial charge on any atom is 0.244 e. The van der Waals surface area contributed by atoms with Crippen LogP contribution >= 0.6 is 11.3 Å². The fraction of sp³-hybridized carbons (Fsp3) is 0.400. The number of aryl methyl sites for hydroxylation is 2. The van der Waals surface area contributed by atoms with Gasteiger partial charge in [-0.25, -0.2) is 22.5 Å². The second kappa shape index (κ2) is 5.72. The zero-order chi connectivity index (χ0) is 15.9. The topological polar surface area (TPSA) is 59.1 Å². The molecular weight excluding hydrogens is 323 g/mol. The number of thiazole rings is 1. The van der Waals surface area contributed by atoms with Crippen molar-refractivity contribution in [3.8, 4) is 0 Å². The first-order chi connectivity index (χ1) is 10.4. The molecule has 2 aromatic rings. The van der Waals surface area contributed by atoms with Crippen LogP contribution in [-0.2, 0) is 10.0 Å². The SMILES string of the molecule is Cc1cnc([C@H](NS(=O)(=O)c2c(C)cccc2F)C2CC2)s1. The summed E-state index contributed by atoms with van der Waals surface area (Å²) in [6, 6.07) is 3.90. The number of nitrogens with zero attached hydrogens (tertiary/aromatic N) is 1. The molecular formula is C15H17FN2O2S2. The number of sulfonamides is 1. The number of nitrogens with one attached hydrogen (secondary N) is 1. The van der Waals surface area contributed by atoms with Gasteiger partial charge in [-0.15, -0.1) is 11.3 Å². The minimum Gasteiger partial charge on any atom is -0.248 e. The minimum atomic E-state index is -3.92. The van der Waals surface area contributed by atoms with E-state index >= 15 is 0 Å². The average molecular weight is 340 g/mol. The van der Waals surface area contributed by atoms with E-state index in [0.717, 1.165) is 22.7 Å². The number of rotatable bonds is 5. The Labute approximate surface area is 133 Å². The predicted molar refractivity (Wildman–Crippen MR) is 83.8 cm³/mol. The third kappa shape index (κ3) is 3.06. The molecule has 22 heavy (non-hydrogen) atoms. The Kier molecular flexibility index (Phi) is 4.05. The first-order valence-corrected chi connectivity index (χ1v) is 9.38. The first kappa shape index (κ1) is 15.6. The molecule has 1 heterocycles. The summed E-state index contributed by atoms with van der Waals surface area (Å²) in [5.74, 6) is -0.482. The van der Waals surface area contributed by atoms with Gasteiger partial charge in [0.2, 0.25) is 10.0 Å². The van der Waals surface area contributed by atoms with Gasteiger partial charge in [0.05, 0.1) is 6.04 Å². The molecule has 7 heteroatoms. The first-order valence-electron chi connectivity index (χ1n) is 7.08. The number of benzene rings is 1. The minimum absolute atomic E-state index is 0.243. The lowest BCUT2D eigenvalue weighted by Gasteiger charge is -2.17. The predicted octanol–water partition coefficient (Wildman–Crippen LogP) is 3.33. The smallest absolute Gasteiger partial charge is 0.244 e. The molecule has 0 saturated heterocycles. The van der Waals surface area contributed by atoms with Crippen LogP contribution in [0.1, 0.15) is 34.3 Å². The normalized spacial score (nSPS) is 16.7. The highest BCUT2D eigenvalue weighted by molar-refractivity contribution is 7.89. The Morgan fingerprint density at radius 2 is 2.09 bits per heavy atom. The molecule has 1 saturated carbocycles. The molecule has 1 aromatic heterocycles. The maximum absolute atomic E-state index is 14.0. The van der Waals surface area contributed by atoms with Gasteiger partial charge in [0.15, 0.2) is 0 Å². The van der Waals surface area contributed by atoms with Crippen molar-refractivity contribution in [3.05, 3.63) is 45.7 Å². The molecule has 0 radical (unpaired) electrons. The van der Waals surface area contributed by atoms with E-state index in [-0.39, 0.29) is 16.9 Å². The van der Waals surface area contributed by atoms with Crippen molar-refractivity contribution in [2.75, 3.05) is 0 Å². The van der Waals surface area contributed by atoms with Crippen LogP contribution in [0.4, 0.5) is 4.39 Å². The van der Waals surface area contributed by atoms with Crippen molar-refractivity contribution in [3.63, 3.8) is 0 Å². The summed E-state index contributed by atoms with van der Waals surface area (Å²) in [6.45, 7) is 3.53. The standard InChI is InChI=1S/C15H17FN2O2S2/c1-9-4-3-5-12(16)14(9)22(19,20)18-13(11-6-7-11)15-17-8-10(2)21-15/h3-5,8,11,13,18H,6-7H2,1-2H3/t13-/m1/s1. The van der Waals surface area contributed by atoms with E-state index in [1.54, 1.807) is 19.2 Å². The van der Waals surface area contributed by atoms with E-state index < -0.39 is 15.8 Å². The lowest BCUT2D eigenvalue weighted by atomic mass is 10.2. The summed E-state index contributed by atoms with van der Waals surface area (Å²) in [5.41, 5.74) is 0.400. The molecule has 0 bridgehead atoms. The molecule has 118 valence electrons. The van der Waals surface area contributed by atoms with E-state index in [0.29, 0.717) is 5.56 Å². The zero-order valence-electron chi connectivity index (χ0n) is 12.3. The quantitative estimate of drug-likeness (QED) is 0.908. The molecule has 1 atom stereocenters. The highest BCUT2D eigenvalue weighted by Crippen LogP contribution is 2.43. The molecule has 1 aliphatic rings. The summed E-state index contributed by atoms with van der Waals surface area (Å²) in [7, 11) is -3.92. The van der Waals surface area contributed by atoms with Crippen LogP contribution in [0, 0.1) is 25.6 Å². The third-order valence-corrected chi connectivity index (χ3v) is 6.33. The summed E-state index contributed by atoms with van der Waals surface area (Å²) in [5, 5.41) is 0.748. The molecule has 4 nitrogen and oxygen atoms in total. The van der Waals surface area contributed by atoms with Gasteiger partial charge in [-0.2, -0.15) is 0 Å². The Balaban J connectivity index is 1.95. The Hall–Kier alpha value is -1.31. The lowest BCUT2D eigenvalue weighted by molar-refractivity contribution is 0.517. The Morgan fingerprint density at radius 1 is 1.36 bits per heavy atom. The van der Waals surface area contributed by atoms with Gasteiger partial charge in [0, 0.05) is 11.1 Å². The van der Waals surface area contributed by atoms with Crippen molar-refractivity contribution in [2.24, 2.45) is 5.92 Å². The van der Waals surface area contributed by atoms with Crippen LogP contribution in [-0.4, -0.2) is 13.4 Å². The highest BCUT2D eigenvalue weighted by Gasteiger charge is 2.38. The van der Waals surface area contributed by atoms with Crippen LogP contribution in [0.5, 0.6) is 0 Å². The summed E-state index contributed by atoms with van der Waals surface area (Å²) >= 11 is 1.48. The van der Waals surface area contributed by atoms with Gasteiger partial charge in [-0.1, -0.05) is 12.1 Å². The van der Waals surface area contributed by atoms with Crippen molar-refractivity contribution in [1.29, 1.82) is 0 Å². The van der Waals surface area contributed by atoms with Gasteiger partial charge < -0.3 is 0 Å². The molecule has 0 amide bonds. The van der Waals surface area contributed by atoms with E-state index in [1.165, 1.54) is 23.5 Å². The summed E-state index contributed by atoms with van der Waals surface area (Å²) in [4.78, 5) is 5.06. The molecule has 1 aliphatic carbocycles. The van der Waals surface area contributed by atoms with E-state index in [9.17, 15) is 12.8 Å². The van der Waals surface area contributed by atoms with Gasteiger partial charge in [0.1, 0.15) is 15.7 Å². The highest BCUT2D eigenvalue weighted by atomic mass is 32.2. The number of hydrogen-bond acceptors (Lipinski definition) is 4. The third-order valence-electron chi connectivity index (χ3n) is 3.71. The molecule has 0 aliphatic heterocycles. The van der Waals surface area contributed by atoms with Crippen LogP contribution in [0.15, 0.2) is 29.3 Å². The van der Waals surface area contributed by atoms with E-state index in [1.807, 2.05) is 6.92 Å². The lowest BCUT2D eigenvalue weighted by Crippen LogP contribution is -2.31. The summed E-state index contributed by atoms with van der Waals surface area (Å²) < 4.78 is 41.9. The van der Waals surface area contributed by atoms with Crippen molar-refractivity contribution in [1.82, 2.24) is 9.71 Å². The van der Waals surface area contributed by atoms with Gasteiger partial charge in [-0.3, -0.25) is 0 Å².